The van der Waals surface area contributed by atoms with E-state index in [-0.39, 0.29) is 18.3 Å². The molecule has 176 valence electrons. The molecule has 35 heavy (non-hydrogen) atoms. The molecule has 7 nitrogen and oxygen atoms in total. The number of anilines is 1. The second kappa shape index (κ2) is 10.0. The van der Waals surface area contributed by atoms with Gasteiger partial charge in [0.05, 0.1) is 28.6 Å². The summed E-state index contributed by atoms with van der Waals surface area (Å²) in [5.74, 6) is 1.39. The third-order valence-electron chi connectivity index (χ3n) is 5.57. The summed E-state index contributed by atoms with van der Waals surface area (Å²) in [6.07, 6.45) is 2.11. The number of thioether (sulfide) groups is 1. The number of benzene rings is 2. The van der Waals surface area contributed by atoms with Crippen LogP contribution in [-0.4, -0.2) is 31.7 Å². The molecule has 2 aromatic heterocycles. The molecule has 0 unspecified atom stereocenters. The lowest BCUT2D eigenvalue weighted by Gasteiger charge is -2.24. The molecular formula is C26H21ClN4O3S. The van der Waals surface area contributed by atoms with E-state index in [1.165, 1.54) is 11.8 Å². The number of pyridine rings is 1. The highest BCUT2D eigenvalue weighted by molar-refractivity contribution is 8.00. The molecule has 0 spiro atoms. The van der Waals surface area contributed by atoms with Crippen molar-refractivity contribution in [3.05, 3.63) is 88.2 Å². The number of aryl methyl sites for hydroxylation is 1. The van der Waals surface area contributed by atoms with Gasteiger partial charge < -0.3 is 15.2 Å². The van der Waals surface area contributed by atoms with E-state index < -0.39 is 0 Å². The van der Waals surface area contributed by atoms with Crippen LogP contribution in [-0.2, 0) is 17.8 Å². The average molecular weight is 505 g/mol. The molecule has 5 rings (SSSR count). The summed E-state index contributed by atoms with van der Waals surface area (Å²) in [4.78, 5) is 26.4. The largest absolute Gasteiger partial charge is 0.436 e. The Labute approximate surface area is 211 Å². The van der Waals surface area contributed by atoms with E-state index in [0.29, 0.717) is 50.7 Å². The molecule has 2 aromatic carbocycles. The summed E-state index contributed by atoms with van der Waals surface area (Å²) in [7, 11) is 0. The fraction of sp³-hybridized carbons (Fsp3) is 0.154. The first-order valence-corrected chi connectivity index (χ1v) is 12.3. The van der Waals surface area contributed by atoms with Crippen LogP contribution in [0.15, 0.2) is 65.8 Å². The molecule has 3 heterocycles. The number of amides is 1. The Morgan fingerprint density at radius 1 is 1.11 bits per heavy atom. The van der Waals surface area contributed by atoms with E-state index in [4.69, 9.17) is 21.3 Å². The lowest BCUT2D eigenvalue weighted by Crippen LogP contribution is -2.16. The standard InChI is InChI=1S/C26H21ClN4O3S/c1-15-23-19(16(13-32)12-28-15)11-20-25(34-23)30-24(18-9-5-6-10-21(18)27)31-26(20)35-14-22(33)29-17-7-3-2-4-8-17/h2-10,12,32H,11,13-14H2,1H3,(H,29,33). The summed E-state index contributed by atoms with van der Waals surface area (Å²) < 4.78 is 6.21. The molecule has 0 radical (unpaired) electrons. The number of aliphatic hydroxyl groups excluding tert-OH is 1. The summed E-state index contributed by atoms with van der Waals surface area (Å²) in [5.41, 5.74) is 4.39. The molecule has 1 aliphatic rings. The molecule has 0 saturated heterocycles. The van der Waals surface area contributed by atoms with E-state index >= 15 is 0 Å². The average Bonchev–Trinajstić information content (AvgIpc) is 2.87. The second-order valence-electron chi connectivity index (χ2n) is 7.93. The lowest BCUT2D eigenvalue weighted by molar-refractivity contribution is -0.113. The summed E-state index contributed by atoms with van der Waals surface area (Å²) in [5, 5.41) is 13.9. The summed E-state index contributed by atoms with van der Waals surface area (Å²) >= 11 is 7.73. The predicted octanol–water partition coefficient (Wildman–Crippen LogP) is 5.42. The fourth-order valence-electron chi connectivity index (χ4n) is 3.83. The Kier molecular flexibility index (Phi) is 6.68. The number of para-hydroxylation sites is 1. The van der Waals surface area contributed by atoms with Crippen LogP contribution < -0.4 is 10.1 Å². The van der Waals surface area contributed by atoms with Gasteiger partial charge in [-0.15, -0.1) is 0 Å². The van der Waals surface area contributed by atoms with Crippen LogP contribution in [0, 0.1) is 6.92 Å². The number of fused-ring (bicyclic) bond motifs is 2. The normalized spacial score (nSPS) is 11.9. The van der Waals surface area contributed by atoms with Crippen molar-refractivity contribution < 1.29 is 14.6 Å². The number of carbonyl (C=O) groups excluding carboxylic acids is 1. The van der Waals surface area contributed by atoms with E-state index in [1.54, 1.807) is 12.3 Å². The molecule has 0 atom stereocenters. The van der Waals surface area contributed by atoms with Gasteiger partial charge in [0.2, 0.25) is 11.8 Å². The van der Waals surface area contributed by atoms with Crippen LogP contribution >= 0.6 is 23.4 Å². The first kappa shape index (κ1) is 23.3. The Balaban J connectivity index is 1.52. The quantitative estimate of drug-likeness (QED) is 0.235. The van der Waals surface area contributed by atoms with Crippen LogP contribution in [0.2, 0.25) is 5.02 Å². The zero-order valence-electron chi connectivity index (χ0n) is 18.8. The highest BCUT2D eigenvalue weighted by Gasteiger charge is 2.28. The maximum atomic E-state index is 12.6. The van der Waals surface area contributed by atoms with Crippen molar-refractivity contribution in [1.29, 1.82) is 0 Å². The Morgan fingerprint density at radius 3 is 2.66 bits per heavy atom. The SMILES string of the molecule is Cc1ncc(CO)c2c1Oc1nc(-c3ccccc3Cl)nc(SCC(=O)Nc3ccccc3)c1C2. The van der Waals surface area contributed by atoms with Crippen LogP contribution in [0.5, 0.6) is 11.6 Å². The Morgan fingerprint density at radius 2 is 1.89 bits per heavy atom. The number of hydrogen-bond donors (Lipinski definition) is 2. The molecular weight excluding hydrogens is 484 g/mol. The second-order valence-corrected chi connectivity index (χ2v) is 9.30. The maximum absolute atomic E-state index is 12.6. The lowest BCUT2D eigenvalue weighted by atomic mass is 9.99. The third kappa shape index (κ3) is 4.86. The number of halogens is 1. The minimum Gasteiger partial charge on any atom is -0.436 e. The van der Waals surface area contributed by atoms with E-state index in [0.717, 1.165) is 16.8 Å². The van der Waals surface area contributed by atoms with Gasteiger partial charge in [-0.25, -0.2) is 4.98 Å². The third-order valence-corrected chi connectivity index (χ3v) is 6.92. The number of nitrogens with one attached hydrogen (secondary N) is 1. The van der Waals surface area contributed by atoms with Crippen molar-refractivity contribution in [2.75, 3.05) is 11.1 Å². The van der Waals surface area contributed by atoms with E-state index in [1.807, 2.05) is 55.5 Å². The van der Waals surface area contributed by atoms with Crippen LogP contribution in [0.4, 0.5) is 5.69 Å². The molecule has 4 aromatic rings. The van der Waals surface area contributed by atoms with Gasteiger partial charge in [-0.3, -0.25) is 9.78 Å². The molecule has 0 aliphatic carbocycles. The summed E-state index contributed by atoms with van der Waals surface area (Å²) in [6.45, 7) is 1.69. The van der Waals surface area contributed by atoms with Gasteiger partial charge in [-0.05, 0) is 31.2 Å². The Bertz CT molecular complexity index is 1420. The number of carbonyl (C=O) groups is 1. The molecule has 2 N–H and O–H groups in total. The van der Waals surface area contributed by atoms with Gasteiger partial charge in [-0.1, -0.05) is 53.7 Å². The van der Waals surface area contributed by atoms with Crippen LogP contribution in [0.3, 0.4) is 0 Å². The highest BCUT2D eigenvalue weighted by atomic mass is 35.5. The molecule has 1 aliphatic heterocycles. The predicted molar refractivity (Wildman–Crippen MR) is 136 cm³/mol. The first-order chi connectivity index (χ1) is 17.0. The number of aliphatic hydroxyl groups is 1. The first-order valence-electron chi connectivity index (χ1n) is 10.9. The molecule has 9 heteroatoms. The number of nitrogens with zero attached hydrogens (tertiary/aromatic N) is 3. The van der Waals surface area contributed by atoms with Crippen molar-refractivity contribution >= 4 is 35.0 Å². The number of rotatable bonds is 6. The number of aromatic nitrogens is 3. The zero-order chi connectivity index (χ0) is 24.4. The molecule has 1 amide bonds. The van der Waals surface area contributed by atoms with Gasteiger partial charge >= 0.3 is 0 Å². The Hall–Kier alpha value is -3.46. The molecule has 0 fully saturated rings. The van der Waals surface area contributed by atoms with Gasteiger partial charge in [-0.2, -0.15) is 4.98 Å². The van der Waals surface area contributed by atoms with Gasteiger partial charge in [0, 0.05) is 35.0 Å². The van der Waals surface area contributed by atoms with Crippen molar-refractivity contribution in [1.82, 2.24) is 15.0 Å². The molecule has 0 bridgehead atoms. The molecule has 0 saturated carbocycles. The highest BCUT2D eigenvalue weighted by Crippen LogP contribution is 2.43. The van der Waals surface area contributed by atoms with Gasteiger partial charge in [0.15, 0.2) is 11.6 Å². The van der Waals surface area contributed by atoms with E-state index in [2.05, 4.69) is 15.3 Å². The smallest absolute Gasteiger partial charge is 0.234 e. The van der Waals surface area contributed by atoms with Crippen molar-refractivity contribution in [2.24, 2.45) is 0 Å². The maximum Gasteiger partial charge on any atom is 0.234 e. The zero-order valence-corrected chi connectivity index (χ0v) is 20.4. The number of ether oxygens (including phenoxy) is 1. The van der Waals surface area contributed by atoms with Crippen molar-refractivity contribution in [2.45, 2.75) is 25.0 Å². The van der Waals surface area contributed by atoms with Crippen LogP contribution in [0.1, 0.15) is 22.4 Å². The van der Waals surface area contributed by atoms with Crippen LogP contribution in [0.25, 0.3) is 11.4 Å². The van der Waals surface area contributed by atoms with Crippen molar-refractivity contribution in [3.63, 3.8) is 0 Å². The van der Waals surface area contributed by atoms with Gasteiger partial charge in [0.25, 0.3) is 0 Å². The topological polar surface area (TPSA) is 97.2 Å². The minimum atomic E-state index is -0.158. The monoisotopic (exact) mass is 504 g/mol. The van der Waals surface area contributed by atoms with Gasteiger partial charge in [0.1, 0.15) is 5.03 Å². The summed E-state index contributed by atoms with van der Waals surface area (Å²) in [6, 6.07) is 16.6. The van der Waals surface area contributed by atoms with Crippen molar-refractivity contribution in [3.8, 4) is 23.0 Å². The number of hydrogen-bond acceptors (Lipinski definition) is 7. The minimum absolute atomic E-state index is 0.148. The fourth-order valence-corrected chi connectivity index (χ4v) is 4.87. The van der Waals surface area contributed by atoms with E-state index in [9.17, 15) is 9.90 Å².